The highest BCUT2D eigenvalue weighted by Gasteiger charge is 2.43. The minimum Gasteiger partial charge on any atom is -0.466 e. The molecule has 8 heteroatoms. The minimum atomic E-state index is -4.68. The molecule has 1 atom stereocenters. The predicted octanol–water partition coefficient (Wildman–Crippen LogP) is 3.60. The zero-order valence-electron chi connectivity index (χ0n) is 14.3. The molecule has 1 aliphatic heterocycles. The molecule has 0 saturated heterocycles. The van der Waals surface area contributed by atoms with E-state index in [1.807, 2.05) is 0 Å². The van der Waals surface area contributed by atoms with Gasteiger partial charge in [-0.1, -0.05) is 32.0 Å². The number of hydrogen-bond donors (Lipinski definition) is 1. The normalized spacial score (nSPS) is 17.8. The van der Waals surface area contributed by atoms with Crippen molar-refractivity contribution in [2.45, 2.75) is 25.9 Å². The number of esters is 1. The fourth-order valence-electron chi connectivity index (χ4n) is 2.85. The van der Waals surface area contributed by atoms with E-state index in [1.54, 1.807) is 19.9 Å². The first-order valence-corrected chi connectivity index (χ1v) is 7.69. The average molecular weight is 366 g/mol. The van der Waals surface area contributed by atoms with Crippen molar-refractivity contribution in [3.8, 4) is 6.07 Å². The molecule has 0 saturated carbocycles. The SMILES string of the molecule is COC(=O)C1=C(C(C)C)OC(N)=C(C#N)C1c1ccccc1C(F)(F)F. The van der Waals surface area contributed by atoms with Crippen molar-refractivity contribution in [1.29, 1.82) is 5.26 Å². The summed E-state index contributed by atoms with van der Waals surface area (Å²) in [6, 6.07) is 6.50. The van der Waals surface area contributed by atoms with E-state index < -0.39 is 23.6 Å². The smallest absolute Gasteiger partial charge is 0.416 e. The number of rotatable bonds is 3. The summed E-state index contributed by atoms with van der Waals surface area (Å²) in [7, 11) is 1.10. The van der Waals surface area contributed by atoms with Crippen LogP contribution in [-0.2, 0) is 20.4 Å². The summed E-state index contributed by atoms with van der Waals surface area (Å²) >= 11 is 0. The number of carbonyl (C=O) groups excluding carboxylic acids is 1. The van der Waals surface area contributed by atoms with Crippen molar-refractivity contribution in [3.05, 3.63) is 58.2 Å². The molecule has 0 aromatic heterocycles. The maximum Gasteiger partial charge on any atom is 0.416 e. The molecule has 5 nitrogen and oxygen atoms in total. The van der Waals surface area contributed by atoms with E-state index >= 15 is 0 Å². The molecular formula is C18H17F3N2O3. The summed E-state index contributed by atoms with van der Waals surface area (Å²) in [5.74, 6) is -2.84. The van der Waals surface area contributed by atoms with Crippen molar-refractivity contribution in [2.24, 2.45) is 11.7 Å². The minimum absolute atomic E-state index is 0.0790. The Balaban J connectivity index is 2.86. The number of benzene rings is 1. The van der Waals surface area contributed by atoms with E-state index in [1.165, 1.54) is 18.2 Å². The van der Waals surface area contributed by atoms with Crippen LogP contribution in [-0.4, -0.2) is 13.1 Å². The quantitative estimate of drug-likeness (QED) is 0.826. The van der Waals surface area contributed by atoms with Gasteiger partial charge >= 0.3 is 12.1 Å². The van der Waals surface area contributed by atoms with Crippen molar-refractivity contribution in [2.75, 3.05) is 7.11 Å². The van der Waals surface area contributed by atoms with E-state index in [0.29, 0.717) is 0 Å². The second-order valence-corrected chi connectivity index (χ2v) is 5.93. The molecule has 0 radical (unpaired) electrons. The lowest BCUT2D eigenvalue weighted by Gasteiger charge is -2.30. The largest absolute Gasteiger partial charge is 0.466 e. The molecule has 1 heterocycles. The van der Waals surface area contributed by atoms with Gasteiger partial charge in [-0.25, -0.2) is 4.79 Å². The third-order valence-electron chi connectivity index (χ3n) is 3.96. The Morgan fingerprint density at radius 3 is 2.46 bits per heavy atom. The fraction of sp³-hybridized carbons (Fsp3) is 0.333. The Morgan fingerprint density at radius 1 is 1.35 bits per heavy atom. The number of nitrogens with zero attached hydrogens (tertiary/aromatic N) is 1. The van der Waals surface area contributed by atoms with Gasteiger partial charge in [-0.3, -0.25) is 0 Å². The summed E-state index contributed by atoms with van der Waals surface area (Å²) in [4.78, 5) is 12.4. The highest BCUT2D eigenvalue weighted by Crippen LogP contribution is 2.45. The van der Waals surface area contributed by atoms with E-state index in [9.17, 15) is 23.2 Å². The number of methoxy groups -OCH3 is 1. The van der Waals surface area contributed by atoms with Gasteiger partial charge in [0.15, 0.2) is 0 Å². The molecule has 1 aromatic carbocycles. The van der Waals surface area contributed by atoms with Crippen LogP contribution in [0.15, 0.2) is 47.1 Å². The summed E-state index contributed by atoms with van der Waals surface area (Å²) in [6.45, 7) is 3.38. The molecule has 1 aromatic rings. The van der Waals surface area contributed by atoms with Crippen molar-refractivity contribution in [1.82, 2.24) is 0 Å². The standard InChI is InChI=1S/C18H17F3N2O3/c1-9(2)15-14(17(24)25-3)13(11(8-22)16(23)26-15)10-6-4-5-7-12(10)18(19,20)21/h4-7,9,13H,23H2,1-3H3. The topological polar surface area (TPSA) is 85.3 Å². The van der Waals surface area contributed by atoms with Gasteiger partial charge in [0.1, 0.15) is 17.4 Å². The summed E-state index contributed by atoms with van der Waals surface area (Å²) in [5, 5.41) is 9.46. The van der Waals surface area contributed by atoms with E-state index in [4.69, 9.17) is 15.2 Å². The Kier molecular flexibility index (Phi) is 5.30. The predicted molar refractivity (Wildman–Crippen MR) is 86.0 cm³/mol. The monoisotopic (exact) mass is 366 g/mol. The van der Waals surface area contributed by atoms with Crippen LogP contribution >= 0.6 is 0 Å². The lowest BCUT2D eigenvalue weighted by Crippen LogP contribution is -2.28. The first-order chi connectivity index (χ1) is 12.1. The van der Waals surface area contributed by atoms with Crippen LogP contribution in [0.1, 0.15) is 30.9 Å². The van der Waals surface area contributed by atoms with Crippen molar-refractivity contribution < 1.29 is 27.4 Å². The van der Waals surface area contributed by atoms with Gasteiger partial charge in [0.25, 0.3) is 0 Å². The van der Waals surface area contributed by atoms with Gasteiger partial charge < -0.3 is 15.2 Å². The van der Waals surface area contributed by atoms with Crippen LogP contribution in [0.3, 0.4) is 0 Å². The number of nitrogens with two attached hydrogens (primary N) is 1. The van der Waals surface area contributed by atoms with Gasteiger partial charge in [-0.05, 0) is 11.6 Å². The molecule has 0 bridgehead atoms. The fourth-order valence-corrected chi connectivity index (χ4v) is 2.85. The van der Waals surface area contributed by atoms with E-state index in [-0.39, 0.29) is 34.3 Å². The number of ether oxygens (including phenoxy) is 2. The molecule has 1 unspecified atom stereocenters. The molecule has 2 rings (SSSR count). The third kappa shape index (κ3) is 3.38. The number of hydrogen-bond acceptors (Lipinski definition) is 5. The number of carbonyl (C=O) groups is 1. The van der Waals surface area contributed by atoms with E-state index in [2.05, 4.69) is 0 Å². The van der Waals surface area contributed by atoms with Crippen LogP contribution in [0.5, 0.6) is 0 Å². The Morgan fingerprint density at radius 2 is 1.96 bits per heavy atom. The molecule has 0 amide bonds. The van der Waals surface area contributed by atoms with Crippen molar-refractivity contribution in [3.63, 3.8) is 0 Å². The Labute approximate surface area is 148 Å². The number of alkyl halides is 3. The van der Waals surface area contributed by atoms with Crippen LogP contribution in [0.4, 0.5) is 13.2 Å². The van der Waals surface area contributed by atoms with Gasteiger partial charge in [-0.15, -0.1) is 0 Å². The van der Waals surface area contributed by atoms with Gasteiger partial charge in [-0.2, -0.15) is 18.4 Å². The lowest BCUT2D eigenvalue weighted by molar-refractivity contribution is -0.139. The molecule has 26 heavy (non-hydrogen) atoms. The summed E-state index contributed by atoms with van der Waals surface area (Å²) in [5.41, 5.74) is 4.12. The molecule has 0 spiro atoms. The average Bonchev–Trinajstić information content (AvgIpc) is 2.59. The second-order valence-electron chi connectivity index (χ2n) is 5.93. The first kappa shape index (κ1) is 19.4. The molecule has 0 aliphatic carbocycles. The van der Waals surface area contributed by atoms with Gasteiger partial charge in [0, 0.05) is 5.92 Å². The zero-order chi connectivity index (χ0) is 19.6. The maximum absolute atomic E-state index is 13.5. The molecule has 138 valence electrons. The van der Waals surface area contributed by atoms with Crippen LogP contribution in [0.2, 0.25) is 0 Å². The highest BCUT2D eigenvalue weighted by atomic mass is 19.4. The number of allylic oxidation sites excluding steroid dienone is 2. The highest BCUT2D eigenvalue weighted by molar-refractivity contribution is 5.92. The Hall–Kier alpha value is -2.95. The van der Waals surface area contributed by atoms with Crippen LogP contribution in [0.25, 0.3) is 0 Å². The van der Waals surface area contributed by atoms with Crippen LogP contribution in [0, 0.1) is 17.2 Å². The summed E-state index contributed by atoms with van der Waals surface area (Å²) in [6.07, 6.45) is -4.68. The Bertz CT molecular complexity index is 833. The number of halogens is 3. The number of nitriles is 1. The lowest BCUT2D eigenvalue weighted by atomic mass is 9.79. The van der Waals surface area contributed by atoms with E-state index in [0.717, 1.165) is 13.2 Å². The molecule has 2 N–H and O–H groups in total. The second kappa shape index (κ2) is 7.12. The van der Waals surface area contributed by atoms with Crippen molar-refractivity contribution >= 4 is 5.97 Å². The zero-order valence-corrected chi connectivity index (χ0v) is 14.3. The summed E-state index contributed by atoms with van der Waals surface area (Å²) < 4.78 is 50.7. The van der Waals surface area contributed by atoms with Gasteiger partial charge in [0.05, 0.1) is 24.2 Å². The maximum atomic E-state index is 13.5. The van der Waals surface area contributed by atoms with Gasteiger partial charge in [0.2, 0.25) is 5.88 Å². The molecule has 0 fully saturated rings. The molecule has 1 aliphatic rings. The first-order valence-electron chi connectivity index (χ1n) is 7.69. The van der Waals surface area contributed by atoms with Crippen LogP contribution < -0.4 is 5.73 Å². The third-order valence-corrected chi connectivity index (χ3v) is 3.96. The molecular weight excluding hydrogens is 349 g/mol.